The van der Waals surface area contributed by atoms with E-state index in [4.69, 9.17) is 10.3 Å². The largest absolute Gasteiger partial charge is 0.371 e. The maximum absolute atomic E-state index is 12.2. The molecule has 3 N–H and O–H groups in total. The fraction of sp³-hybridized carbons (Fsp3) is 0.450. The summed E-state index contributed by atoms with van der Waals surface area (Å²) in [6.07, 6.45) is 1.58. The molecule has 1 saturated heterocycles. The summed E-state index contributed by atoms with van der Waals surface area (Å²) in [5, 5.41) is 6.85. The van der Waals surface area contributed by atoms with Crippen LogP contribution in [0.1, 0.15) is 29.9 Å². The predicted octanol–water partition coefficient (Wildman–Crippen LogP) is 2.87. The highest BCUT2D eigenvalue weighted by molar-refractivity contribution is 7.99. The Balaban J connectivity index is 1.45. The number of piperidine rings is 1. The number of rotatable bonds is 7. The average molecular weight is 403 g/mol. The van der Waals surface area contributed by atoms with E-state index in [2.05, 4.69) is 15.4 Å². The molecule has 1 aliphatic rings. The lowest BCUT2D eigenvalue weighted by Gasteiger charge is -2.32. The van der Waals surface area contributed by atoms with Gasteiger partial charge in [-0.3, -0.25) is 9.59 Å². The van der Waals surface area contributed by atoms with E-state index in [0.717, 1.165) is 54.3 Å². The maximum Gasteiger partial charge on any atom is 0.234 e. The van der Waals surface area contributed by atoms with Crippen molar-refractivity contribution in [3.8, 4) is 0 Å². The normalized spacial score (nSPS) is 14.9. The second-order valence-electron chi connectivity index (χ2n) is 7.05. The summed E-state index contributed by atoms with van der Waals surface area (Å²) in [5.41, 5.74) is 9.19. The molecule has 2 heterocycles. The van der Waals surface area contributed by atoms with Gasteiger partial charge in [-0.2, -0.15) is 0 Å². The number of primary amides is 1. The van der Waals surface area contributed by atoms with Crippen molar-refractivity contribution in [3.63, 3.8) is 0 Å². The van der Waals surface area contributed by atoms with Gasteiger partial charge in [-0.25, -0.2) is 0 Å². The quantitative estimate of drug-likeness (QED) is 0.738. The Bertz CT molecular complexity index is 807. The lowest BCUT2D eigenvalue weighted by atomic mass is 9.96. The van der Waals surface area contributed by atoms with E-state index in [1.807, 2.05) is 38.1 Å². The van der Waals surface area contributed by atoms with E-state index in [-0.39, 0.29) is 17.7 Å². The molecule has 7 nitrogen and oxygen atoms in total. The van der Waals surface area contributed by atoms with Crippen LogP contribution >= 0.6 is 11.8 Å². The SMILES string of the molecule is Cc1noc(C)c1CSCC(=O)Nc1ccc(N2CCC(C(N)=O)CC2)cc1. The van der Waals surface area contributed by atoms with Crippen molar-refractivity contribution >= 4 is 35.0 Å². The van der Waals surface area contributed by atoms with Crippen molar-refractivity contribution in [1.29, 1.82) is 0 Å². The second kappa shape index (κ2) is 9.14. The van der Waals surface area contributed by atoms with Crippen molar-refractivity contribution in [3.05, 3.63) is 41.3 Å². The molecule has 0 radical (unpaired) electrons. The number of nitrogens with two attached hydrogens (primary N) is 1. The van der Waals surface area contributed by atoms with Gasteiger partial charge in [0.15, 0.2) is 0 Å². The van der Waals surface area contributed by atoms with Crippen LogP contribution in [0.4, 0.5) is 11.4 Å². The maximum atomic E-state index is 12.2. The number of aromatic nitrogens is 1. The highest BCUT2D eigenvalue weighted by Crippen LogP contribution is 2.25. The van der Waals surface area contributed by atoms with Crippen molar-refractivity contribution in [1.82, 2.24) is 5.16 Å². The smallest absolute Gasteiger partial charge is 0.234 e. The molecule has 1 aliphatic heterocycles. The van der Waals surface area contributed by atoms with Gasteiger partial charge in [0.25, 0.3) is 0 Å². The molecule has 2 aromatic rings. The first-order chi connectivity index (χ1) is 13.4. The number of amides is 2. The third kappa shape index (κ3) is 5.07. The Labute approximate surface area is 169 Å². The van der Waals surface area contributed by atoms with Crippen LogP contribution in [0, 0.1) is 19.8 Å². The number of nitrogens with one attached hydrogen (secondary N) is 1. The van der Waals surface area contributed by atoms with Gasteiger partial charge in [0.1, 0.15) is 5.76 Å². The summed E-state index contributed by atoms with van der Waals surface area (Å²) >= 11 is 1.54. The minimum absolute atomic E-state index is 0.0160. The number of carbonyl (C=O) groups is 2. The van der Waals surface area contributed by atoms with Crippen LogP contribution < -0.4 is 16.0 Å². The molecule has 0 aliphatic carbocycles. The van der Waals surface area contributed by atoms with Gasteiger partial charge >= 0.3 is 0 Å². The summed E-state index contributed by atoms with van der Waals surface area (Å²) < 4.78 is 5.14. The molecule has 1 fully saturated rings. The molecule has 0 bridgehead atoms. The topological polar surface area (TPSA) is 101 Å². The van der Waals surface area contributed by atoms with Crippen LogP contribution in [-0.4, -0.2) is 35.8 Å². The van der Waals surface area contributed by atoms with Gasteiger partial charge in [0, 0.05) is 41.7 Å². The minimum atomic E-state index is -0.204. The molecular formula is C20H26N4O3S. The first kappa shape index (κ1) is 20.3. The first-order valence-electron chi connectivity index (χ1n) is 9.37. The standard InChI is InChI=1S/C20H26N4O3S/c1-13-18(14(2)27-23-13)11-28-12-19(25)22-16-3-5-17(6-4-16)24-9-7-15(8-10-24)20(21)26/h3-6,15H,7-12H2,1-2H3,(H2,21,26)(H,22,25). The third-order valence-electron chi connectivity index (χ3n) is 5.07. The Morgan fingerprint density at radius 2 is 1.93 bits per heavy atom. The van der Waals surface area contributed by atoms with Crippen LogP contribution in [0.2, 0.25) is 0 Å². The number of hydrogen-bond acceptors (Lipinski definition) is 6. The van der Waals surface area contributed by atoms with Crippen LogP contribution in [0.5, 0.6) is 0 Å². The summed E-state index contributed by atoms with van der Waals surface area (Å²) in [5.74, 6) is 1.62. The van der Waals surface area contributed by atoms with Gasteiger partial charge in [0.05, 0.1) is 11.4 Å². The lowest BCUT2D eigenvalue weighted by Crippen LogP contribution is -2.38. The monoisotopic (exact) mass is 402 g/mol. The van der Waals surface area contributed by atoms with Gasteiger partial charge in [-0.15, -0.1) is 11.8 Å². The van der Waals surface area contributed by atoms with Crippen molar-refractivity contribution in [2.45, 2.75) is 32.4 Å². The number of hydrogen-bond donors (Lipinski definition) is 2. The molecular weight excluding hydrogens is 376 g/mol. The number of nitrogens with zero attached hydrogens (tertiary/aromatic N) is 2. The van der Waals surface area contributed by atoms with Gasteiger partial charge < -0.3 is 20.5 Å². The zero-order valence-corrected chi connectivity index (χ0v) is 17.1. The molecule has 0 unspecified atom stereocenters. The van der Waals surface area contributed by atoms with Gasteiger partial charge in [0.2, 0.25) is 11.8 Å². The molecule has 0 saturated carbocycles. The molecule has 3 rings (SSSR count). The zero-order valence-electron chi connectivity index (χ0n) is 16.2. The summed E-state index contributed by atoms with van der Waals surface area (Å²) in [4.78, 5) is 25.7. The number of aryl methyl sites for hydroxylation is 2. The molecule has 28 heavy (non-hydrogen) atoms. The zero-order chi connectivity index (χ0) is 20.1. The number of thioether (sulfide) groups is 1. The van der Waals surface area contributed by atoms with E-state index in [9.17, 15) is 9.59 Å². The predicted molar refractivity (Wildman–Crippen MR) is 111 cm³/mol. The molecule has 0 atom stereocenters. The third-order valence-corrected chi connectivity index (χ3v) is 6.03. The Hall–Kier alpha value is -2.48. The van der Waals surface area contributed by atoms with E-state index < -0.39 is 0 Å². The van der Waals surface area contributed by atoms with Crippen LogP contribution in [-0.2, 0) is 15.3 Å². The van der Waals surface area contributed by atoms with E-state index in [1.54, 1.807) is 0 Å². The van der Waals surface area contributed by atoms with Crippen molar-refractivity contribution in [2.24, 2.45) is 11.7 Å². The van der Waals surface area contributed by atoms with E-state index >= 15 is 0 Å². The molecule has 1 aromatic carbocycles. The summed E-state index contributed by atoms with van der Waals surface area (Å²) in [7, 11) is 0. The van der Waals surface area contributed by atoms with Crippen LogP contribution in [0.3, 0.4) is 0 Å². The van der Waals surface area contributed by atoms with Crippen LogP contribution in [0.25, 0.3) is 0 Å². The first-order valence-corrected chi connectivity index (χ1v) is 10.5. The number of anilines is 2. The number of carbonyl (C=O) groups excluding carboxylic acids is 2. The Morgan fingerprint density at radius 3 is 2.50 bits per heavy atom. The van der Waals surface area contributed by atoms with Crippen molar-refractivity contribution < 1.29 is 14.1 Å². The fourth-order valence-electron chi connectivity index (χ4n) is 3.33. The van der Waals surface area contributed by atoms with E-state index in [1.165, 1.54) is 11.8 Å². The highest BCUT2D eigenvalue weighted by atomic mass is 32.2. The highest BCUT2D eigenvalue weighted by Gasteiger charge is 2.23. The number of benzene rings is 1. The lowest BCUT2D eigenvalue weighted by molar-refractivity contribution is -0.122. The molecule has 150 valence electrons. The minimum Gasteiger partial charge on any atom is -0.371 e. The molecule has 1 aromatic heterocycles. The molecule has 0 spiro atoms. The van der Waals surface area contributed by atoms with Gasteiger partial charge in [-0.1, -0.05) is 5.16 Å². The molecule has 8 heteroatoms. The Morgan fingerprint density at radius 1 is 1.25 bits per heavy atom. The summed E-state index contributed by atoms with van der Waals surface area (Å²) in [6.45, 7) is 5.42. The van der Waals surface area contributed by atoms with Crippen molar-refractivity contribution in [2.75, 3.05) is 29.1 Å². The summed E-state index contributed by atoms with van der Waals surface area (Å²) in [6, 6.07) is 7.81. The average Bonchev–Trinajstić information content (AvgIpc) is 3.01. The second-order valence-corrected chi connectivity index (χ2v) is 8.04. The Kier molecular flexibility index (Phi) is 6.61. The molecule has 2 amide bonds. The van der Waals surface area contributed by atoms with Crippen LogP contribution in [0.15, 0.2) is 28.8 Å². The van der Waals surface area contributed by atoms with E-state index in [0.29, 0.717) is 11.5 Å². The van der Waals surface area contributed by atoms with Gasteiger partial charge in [-0.05, 0) is 51.0 Å². The fourth-order valence-corrected chi connectivity index (χ4v) is 4.30.